The first-order chi connectivity index (χ1) is 12.8. The predicted octanol–water partition coefficient (Wildman–Crippen LogP) is 4.72. The molecule has 3 aromatic rings. The van der Waals surface area contributed by atoms with Crippen molar-refractivity contribution in [2.75, 3.05) is 0 Å². The van der Waals surface area contributed by atoms with Crippen molar-refractivity contribution < 1.29 is 4.79 Å². The van der Waals surface area contributed by atoms with Crippen molar-refractivity contribution in [2.45, 2.75) is 19.0 Å². The lowest BCUT2D eigenvalue weighted by molar-refractivity contribution is -0.125. The van der Waals surface area contributed by atoms with Crippen LogP contribution in [0, 0.1) is 0 Å². The fraction of sp³-hybridized carbons (Fsp3) is 0.125. The van der Waals surface area contributed by atoms with Gasteiger partial charge in [0.2, 0.25) is 0 Å². The van der Waals surface area contributed by atoms with Crippen molar-refractivity contribution in [3.05, 3.63) is 114 Å². The van der Waals surface area contributed by atoms with E-state index in [9.17, 15) is 4.79 Å². The third-order valence-corrected chi connectivity index (χ3v) is 4.82. The number of hydrogen-bond acceptors (Lipinski definition) is 1. The summed E-state index contributed by atoms with van der Waals surface area (Å²) in [5.74, 6) is 0.112. The highest BCUT2D eigenvalue weighted by atomic mass is 16.2. The maximum Gasteiger partial charge on any atom is 0.255 e. The first kappa shape index (κ1) is 16.3. The molecule has 2 heteroatoms. The monoisotopic (exact) mass is 339 g/mol. The molecule has 0 aliphatic carbocycles. The van der Waals surface area contributed by atoms with Gasteiger partial charge in [-0.05, 0) is 29.2 Å². The summed E-state index contributed by atoms with van der Waals surface area (Å²) in [5, 5.41) is 0. The first-order valence-corrected chi connectivity index (χ1v) is 8.97. The molecule has 0 radical (unpaired) electrons. The zero-order valence-electron chi connectivity index (χ0n) is 14.6. The second-order valence-electron chi connectivity index (χ2n) is 6.62. The molecule has 1 aliphatic rings. The van der Waals surface area contributed by atoms with Gasteiger partial charge in [0.25, 0.3) is 5.91 Å². The molecule has 0 bridgehead atoms. The molecule has 0 N–H and O–H groups in total. The second kappa shape index (κ2) is 7.40. The minimum Gasteiger partial charge on any atom is -0.328 e. The Balaban J connectivity index is 1.65. The maximum atomic E-state index is 13.2. The first-order valence-electron chi connectivity index (χ1n) is 8.97. The molecule has 26 heavy (non-hydrogen) atoms. The number of amides is 1. The molecule has 2 nitrogen and oxygen atoms in total. The van der Waals surface area contributed by atoms with Gasteiger partial charge in [0, 0.05) is 12.1 Å². The number of hydrogen-bond donors (Lipinski definition) is 0. The quantitative estimate of drug-likeness (QED) is 0.658. The van der Waals surface area contributed by atoms with Crippen LogP contribution in [0.3, 0.4) is 0 Å². The summed E-state index contributed by atoms with van der Waals surface area (Å²) in [7, 11) is 0. The van der Waals surface area contributed by atoms with Crippen LogP contribution in [-0.2, 0) is 17.8 Å². The van der Waals surface area contributed by atoms with Gasteiger partial charge in [0.05, 0.1) is 6.04 Å². The number of rotatable bonds is 5. The molecule has 0 saturated heterocycles. The number of nitrogens with zero attached hydrogens (tertiary/aromatic N) is 1. The Labute approximate surface area is 154 Å². The van der Waals surface area contributed by atoms with E-state index >= 15 is 0 Å². The lowest BCUT2D eigenvalue weighted by Crippen LogP contribution is -2.35. The molecule has 1 atom stereocenters. The molecule has 1 aliphatic heterocycles. The average Bonchev–Trinajstić information content (AvgIpc) is 3.00. The summed E-state index contributed by atoms with van der Waals surface area (Å²) in [6.45, 7) is 0.629. The van der Waals surface area contributed by atoms with Crippen molar-refractivity contribution in [3.8, 4) is 0 Å². The Kier molecular flexibility index (Phi) is 4.65. The van der Waals surface area contributed by atoms with E-state index in [0.717, 1.165) is 23.1 Å². The van der Waals surface area contributed by atoms with Crippen molar-refractivity contribution in [1.29, 1.82) is 0 Å². The van der Waals surface area contributed by atoms with E-state index in [1.54, 1.807) is 0 Å². The van der Waals surface area contributed by atoms with Gasteiger partial charge in [-0.15, -0.1) is 0 Å². The highest BCUT2D eigenvalue weighted by Gasteiger charge is 2.32. The highest BCUT2D eigenvalue weighted by molar-refractivity contribution is 6.21. The van der Waals surface area contributed by atoms with Crippen molar-refractivity contribution in [2.24, 2.45) is 0 Å². The van der Waals surface area contributed by atoms with E-state index < -0.39 is 0 Å². The van der Waals surface area contributed by atoms with Crippen LogP contribution in [-0.4, -0.2) is 16.8 Å². The van der Waals surface area contributed by atoms with E-state index in [4.69, 9.17) is 0 Å². The van der Waals surface area contributed by atoms with Crippen LogP contribution < -0.4 is 0 Å². The van der Waals surface area contributed by atoms with Gasteiger partial charge in [0.15, 0.2) is 0 Å². The summed E-state index contributed by atoms with van der Waals surface area (Å²) in [6.07, 6.45) is 2.96. The third-order valence-electron chi connectivity index (χ3n) is 4.82. The van der Waals surface area contributed by atoms with Crippen LogP contribution in [0.4, 0.5) is 0 Å². The fourth-order valence-corrected chi connectivity index (χ4v) is 3.49. The summed E-state index contributed by atoms with van der Waals surface area (Å²) >= 11 is 0. The summed E-state index contributed by atoms with van der Waals surface area (Å²) < 4.78 is 0. The lowest BCUT2D eigenvalue weighted by Gasteiger charge is -2.25. The van der Waals surface area contributed by atoms with Crippen molar-refractivity contribution in [3.63, 3.8) is 0 Å². The second-order valence-corrected chi connectivity index (χ2v) is 6.62. The molecule has 1 amide bonds. The van der Waals surface area contributed by atoms with Gasteiger partial charge >= 0.3 is 0 Å². The van der Waals surface area contributed by atoms with E-state index in [-0.39, 0.29) is 11.9 Å². The van der Waals surface area contributed by atoms with Gasteiger partial charge in [-0.1, -0.05) is 91.0 Å². The molecule has 0 saturated carbocycles. The van der Waals surface area contributed by atoms with E-state index in [0.29, 0.717) is 6.54 Å². The Morgan fingerprint density at radius 1 is 0.692 bits per heavy atom. The van der Waals surface area contributed by atoms with Gasteiger partial charge in [-0.2, -0.15) is 0 Å². The molecule has 3 aromatic carbocycles. The van der Waals surface area contributed by atoms with E-state index in [1.807, 2.05) is 59.5 Å². The average molecular weight is 339 g/mol. The van der Waals surface area contributed by atoms with Crippen molar-refractivity contribution in [1.82, 2.24) is 4.90 Å². The molecule has 0 aromatic heterocycles. The Morgan fingerprint density at radius 3 is 1.85 bits per heavy atom. The number of benzene rings is 3. The topological polar surface area (TPSA) is 20.3 Å². The smallest absolute Gasteiger partial charge is 0.255 e. The molecular weight excluding hydrogens is 318 g/mol. The Hall–Kier alpha value is -3.13. The Bertz CT molecular complexity index is 901. The highest BCUT2D eigenvalue weighted by Crippen LogP contribution is 2.29. The minimum absolute atomic E-state index is 0.0697. The zero-order chi connectivity index (χ0) is 17.8. The lowest BCUT2D eigenvalue weighted by atomic mass is 10.0. The summed E-state index contributed by atoms with van der Waals surface area (Å²) in [5.41, 5.74) is 4.20. The molecule has 128 valence electrons. The molecule has 0 unspecified atom stereocenters. The van der Waals surface area contributed by atoms with Gasteiger partial charge < -0.3 is 4.90 Å². The largest absolute Gasteiger partial charge is 0.328 e. The van der Waals surface area contributed by atoms with Crippen LogP contribution >= 0.6 is 0 Å². The molecular formula is C24H21NO. The van der Waals surface area contributed by atoms with Crippen LogP contribution in [0.1, 0.15) is 16.7 Å². The predicted molar refractivity (Wildman–Crippen MR) is 105 cm³/mol. The summed E-state index contributed by atoms with van der Waals surface area (Å²) in [6, 6.07) is 30.6. The van der Waals surface area contributed by atoms with Gasteiger partial charge in [-0.3, -0.25) is 4.79 Å². The van der Waals surface area contributed by atoms with Crippen LogP contribution in [0.15, 0.2) is 97.1 Å². The van der Waals surface area contributed by atoms with E-state index in [2.05, 4.69) is 42.5 Å². The van der Waals surface area contributed by atoms with Crippen molar-refractivity contribution >= 4 is 11.5 Å². The molecule has 1 heterocycles. The maximum absolute atomic E-state index is 13.2. The van der Waals surface area contributed by atoms with Crippen LogP contribution in [0.2, 0.25) is 0 Å². The third kappa shape index (κ3) is 3.45. The molecule has 4 rings (SSSR count). The normalized spacial score (nSPS) is 16.6. The number of carbonyl (C=O) groups is 1. The number of carbonyl (C=O) groups excluding carboxylic acids is 1. The van der Waals surface area contributed by atoms with Gasteiger partial charge in [0.1, 0.15) is 0 Å². The van der Waals surface area contributed by atoms with Crippen LogP contribution in [0.5, 0.6) is 0 Å². The van der Waals surface area contributed by atoms with Gasteiger partial charge in [-0.25, -0.2) is 0 Å². The zero-order valence-corrected chi connectivity index (χ0v) is 14.6. The minimum atomic E-state index is 0.0697. The standard InChI is InChI=1S/C24H21NO/c26-24-23(21-14-8-3-9-15-21)17-22(16-19-10-4-1-5-11-19)25(24)18-20-12-6-2-7-13-20/h1-15,17,22H,16,18H2/t22-/m0/s1. The SMILES string of the molecule is O=C1C(c2ccccc2)=C[C@H](Cc2ccccc2)N1Cc1ccccc1. The molecule has 0 fully saturated rings. The molecule has 0 spiro atoms. The summed E-state index contributed by atoms with van der Waals surface area (Å²) in [4.78, 5) is 15.2. The van der Waals surface area contributed by atoms with Crippen LogP contribution in [0.25, 0.3) is 5.57 Å². The Morgan fingerprint density at radius 2 is 1.23 bits per heavy atom. The fourth-order valence-electron chi connectivity index (χ4n) is 3.49. The van der Waals surface area contributed by atoms with E-state index in [1.165, 1.54) is 5.56 Å².